The van der Waals surface area contributed by atoms with Crippen LogP contribution in [0, 0.1) is 10.1 Å². The topological polar surface area (TPSA) is 92.9 Å². The van der Waals surface area contributed by atoms with Gasteiger partial charge in [0.15, 0.2) is 0 Å². The second kappa shape index (κ2) is 5.87. The number of nitrogens with zero attached hydrogens (tertiary/aromatic N) is 2. The molecule has 0 aromatic heterocycles. The van der Waals surface area contributed by atoms with E-state index in [4.69, 9.17) is 4.74 Å². The van der Waals surface area contributed by atoms with Crippen molar-refractivity contribution in [3.05, 3.63) is 34.4 Å². The number of carbonyl (C=O) groups is 1. The van der Waals surface area contributed by atoms with E-state index in [0.717, 1.165) is 0 Å². The van der Waals surface area contributed by atoms with Gasteiger partial charge in [-0.1, -0.05) is 0 Å². The molecule has 1 saturated heterocycles. The summed E-state index contributed by atoms with van der Waals surface area (Å²) in [5.41, 5.74) is 0.644. The first kappa shape index (κ1) is 14.3. The van der Waals surface area contributed by atoms with E-state index in [9.17, 15) is 20.0 Å². The van der Waals surface area contributed by atoms with Gasteiger partial charge in [0.1, 0.15) is 6.04 Å². The second-order valence-corrected chi connectivity index (χ2v) is 4.70. The van der Waals surface area contributed by atoms with Gasteiger partial charge in [0.2, 0.25) is 0 Å². The summed E-state index contributed by atoms with van der Waals surface area (Å²) in [4.78, 5) is 23.7. The van der Waals surface area contributed by atoms with Gasteiger partial charge in [-0.05, 0) is 25.0 Å². The van der Waals surface area contributed by atoms with Crippen molar-refractivity contribution >= 4 is 17.3 Å². The molecule has 2 rings (SSSR count). The minimum atomic E-state index is -0.522. The molecule has 1 heterocycles. The maximum absolute atomic E-state index is 11.8. The number of aliphatic hydroxyl groups excluding tert-OH is 1. The van der Waals surface area contributed by atoms with Crippen LogP contribution in [0.15, 0.2) is 24.3 Å². The summed E-state index contributed by atoms with van der Waals surface area (Å²) in [7, 11) is 1.32. The molecule has 20 heavy (non-hydrogen) atoms. The number of benzene rings is 1. The van der Waals surface area contributed by atoms with Crippen molar-refractivity contribution < 1.29 is 19.6 Å². The van der Waals surface area contributed by atoms with Crippen molar-refractivity contribution in [2.75, 3.05) is 18.6 Å². The average molecular weight is 280 g/mol. The first-order valence-electron chi connectivity index (χ1n) is 6.30. The molecule has 2 atom stereocenters. The number of esters is 1. The molecule has 0 aliphatic carbocycles. The van der Waals surface area contributed by atoms with Gasteiger partial charge in [-0.15, -0.1) is 0 Å². The monoisotopic (exact) mass is 280 g/mol. The summed E-state index contributed by atoms with van der Waals surface area (Å²) in [5.74, 6) is -0.366. The van der Waals surface area contributed by atoms with Crippen LogP contribution in [0.2, 0.25) is 0 Å². The fraction of sp³-hybridized carbons (Fsp3) is 0.462. The van der Waals surface area contributed by atoms with E-state index in [0.29, 0.717) is 25.1 Å². The fourth-order valence-corrected chi connectivity index (χ4v) is 2.38. The standard InChI is InChI=1S/C13H16N2O5/c1-20-13(17)12-7-6-11(16)8-14(12)9-2-4-10(5-3-9)15(18)19/h2-5,11-12,16H,6-8H2,1H3/t11-,12-/m0/s1. The minimum absolute atomic E-state index is 0.0130. The van der Waals surface area contributed by atoms with E-state index in [1.807, 2.05) is 0 Å². The molecule has 1 aromatic carbocycles. The maximum atomic E-state index is 11.8. The molecule has 7 nitrogen and oxygen atoms in total. The Labute approximate surface area is 115 Å². The zero-order valence-electron chi connectivity index (χ0n) is 11.1. The van der Waals surface area contributed by atoms with Gasteiger partial charge in [0.05, 0.1) is 18.1 Å². The molecule has 0 radical (unpaired) electrons. The molecule has 1 aliphatic heterocycles. The number of ether oxygens (including phenoxy) is 1. The Kier molecular flexibility index (Phi) is 4.19. The lowest BCUT2D eigenvalue weighted by molar-refractivity contribution is -0.384. The van der Waals surface area contributed by atoms with Crippen LogP contribution in [-0.4, -0.2) is 41.8 Å². The smallest absolute Gasteiger partial charge is 0.328 e. The van der Waals surface area contributed by atoms with E-state index in [-0.39, 0.29) is 11.7 Å². The Hall–Kier alpha value is -2.15. The molecule has 0 saturated carbocycles. The highest BCUT2D eigenvalue weighted by Crippen LogP contribution is 2.27. The number of nitro groups is 1. The van der Waals surface area contributed by atoms with Gasteiger partial charge in [-0.25, -0.2) is 4.79 Å². The lowest BCUT2D eigenvalue weighted by Gasteiger charge is -2.37. The van der Waals surface area contributed by atoms with Crippen molar-refractivity contribution in [2.24, 2.45) is 0 Å². The summed E-state index contributed by atoms with van der Waals surface area (Å²) in [6.07, 6.45) is 0.500. The van der Waals surface area contributed by atoms with E-state index in [1.165, 1.54) is 19.2 Å². The molecule has 1 N–H and O–H groups in total. The predicted octanol–water partition coefficient (Wildman–Crippen LogP) is 1.10. The largest absolute Gasteiger partial charge is 0.467 e. The van der Waals surface area contributed by atoms with Crippen LogP contribution in [0.25, 0.3) is 0 Å². The maximum Gasteiger partial charge on any atom is 0.328 e. The van der Waals surface area contributed by atoms with Crippen LogP contribution in [0.3, 0.4) is 0 Å². The van der Waals surface area contributed by atoms with Gasteiger partial charge in [0, 0.05) is 24.4 Å². The van der Waals surface area contributed by atoms with Crippen LogP contribution >= 0.6 is 0 Å². The molecule has 1 aliphatic rings. The number of rotatable bonds is 3. The first-order valence-corrected chi connectivity index (χ1v) is 6.30. The lowest BCUT2D eigenvalue weighted by Crippen LogP contribution is -2.50. The van der Waals surface area contributed by atoms with Crippen LogP contribution in [0.1, 0.15) is 12.8 Å². The molecular formula is C13H16N2O5. The SMILES string of the molecule is COC(=O)[C@@H]1CC[C@H](O)CN1c1ccc([N+](=O)[O-])cc1. The van der Waals surface area contributed by atoms with Crippen molar-refractivity contribution in [1.29, 1.82) is 0 Å². The third-order valence-corrected chi connectivity index (χ3v) is 3.42. The van der Waals surface area contributed by atoms with Crippen LogP contribution in [0.5, 0.6) is 0 Å². The van der Waals surface area contributed by atoms with Crippen molar-refractivity contribution in [3.63, 3.8) is 0 Å². The van der Waals surface area contributed by atoms with Crippen LogP contribution < -0.4 is 4.90 Å². The van der Waals surface area contributed by atoms with E-state index in [1.54, 1.807) is 17.0 Å². The second-order valence-electron chi connectivity index (χ2n) is 4.70. The highest BCUT2D eigenvalue weighted by atomic mass is 16.6. The summed E-state index contributed by atoms with van der Waals surface area (Å²) in [5, 5.41) is 20.4. The van der Waals surface area contributed by atoms with E-state index < -0.39 is 17.1 Å². The summed E-state index contributed by atoms with van der Waals surface area (Å²) >= 11 is 0. The third kappa shape index (κ3) is 2.88. The van der Waals surface area contributed by atoms with Gasteiger partial charge in [-0.2, -0.15) is 0 Å². The predicted molar refractivity (Wildman–Crippen MR) is 71.5 cm³/mol. The first-order chi connectivity index (χ1) is 9.52. The molecular weight excluding hydrogens is 264 g/mol. The number of hydrogen-bond donors (Lipinski definition) is 1. The van der Waals surface area contributed by atoms with Gasteiger partial charge in [-0.3, -0.25) is 10.1 Å². The Morgan fingerprint density at radius 2 is 2.05 bits per heavy atom. The zero-order chi connectivity index (χ0) is 14.7. The lowest BCUT2D eigenvalue weighted by atomic mass is 9.99. The summed E-state index contributed by atoms with van der Waals surface area (Å²) in [6.45, 7) is 0.303. The number of aliphatic hydroxyl groups is 1. The molecule has 1 fully saturated rings. The van der Waals surface area contributed by atoms with Crippen molar-refractivity contribution in [2.45, 2.75) is 25.0 Å². The zero-order valence-corrected chi connectivity index (χ0v) is 11.1. The number of anilines is 1. The third-order valence-electron chi connectivity index (χ3n) is 3.42. The van der Waals surface area contributed by atoms with E-state index in [2.05, 4.69) is 0 Å². The molecule has 1 aromatic rings. The molecule has 0 amide bonds. The van der Waals surface area contributed by atoms with Gasteiger partial charge < -0.3 is 14.7 Å². The molecule has 0 spiro atoms. The van der Waals surface area contributed by atoms with Crippen molar-refractivity contribution in [1.82, 2.24) is 0 Å². The number of carbonyl (C=O) groups excluding carboxylic acids is 1. The Balaban J connectivity index is 2.25. The molecule has 0 bridgehead atoms. The van der Waals surface area contributed by atoms with Gasteiger partial charge in [0.25, 0.3) is 5.69 Å². The van der Waals surface area contributed by atoms with Crippen molar-refractivity contribution in [3.8, 4) is 0 Å². The van der Waals surface area contributed by atoms with Gasteiger partial charge >= 0.3 is 5.97 Å². The Morgan fingerprint density at radius 3 is 2.60 bits per heavy atom. The Bertz CT molecular complexity index is 502. The van der Waals surface area contributed by atoms with Crippen LogP contribution in [-0.2, 0) is 9.53 Å². The summed E-state index contributed by atoms with van der Waals surface area (Å²) in [6, 6.07) is 5.44. The van der Waals surface area contributed by atoms with E-state index >= 15 is 0 Å². The number of piperidine rings is 1. The number of non-ortho nitro benzene ring substituents is 1. The Morgan fingerprint density at radius 1 is 1.40 bits per heavy atom. The molecule has 7 heteroatoms. The minimum Gasteiger partial charge on any atom is -0.467 e. The summed E-state index contributed by atoms with van der Waals surface area (Å²) < 4.78 is 4.77. The van der Waals surface area contributed by atoms with Crippen LogP contribution in [0.4, 0.5) is 11.4 Å². The number of methoxy groups -OCH3 is 1. The molecule has 0 unspecified atom stereocenters. The highest BCUT2D eigenvalue weighted by molar-refractivity contribution is 5.80. The highest BCUT2D eigenvalue weighted by Gasteiger charge is 2.33. The number of β-amino-alcohol motifs (C(OH)–C–C–N with tert-alkyl or cyclic N) is 1. The quantitative estimate of drug-likeness (QED) is 0.506. The average Bonchev–Trinajstić information content (AvgIpc) is 2.46. The number of hydrogen-bond acceptors (Lipinski definition) is 6. The fourth-order valence-electron chi connectivity index (χ4n) is 2.38. The number of nitro benzene ring substituents is 1. The molecule has 108 valence electrons. The normalized spacial score (nSPS) is 22.4.